The third-order valence-electron chi connectivity index (χ3n) is 3.90. The molecule has 0 unspecified atom stereocenters. The predicted molar refractivity (Wildman–Crippen MR) is 110 cm³/mol. The molecule has 9 heteroatoms. The Morgan fingerprint density at radius 1 is 1.03 bits per heavy atom. The summed E-state index contributed by atoms with van der Waals surface area (Å²) in [5.41, 5.74) is 1.29. The molecule has 2 aromatic carbocycles. The van der Waals surface area contributed by atoms with Crippen LogP contribution in [0.1, 0.15) is 5.56 Å². The molecule has 156 valence electrons. The van der Waals surface area contributed by atoms with E-state index in [2.05, 4.69) is 10.3 Å². The minimum atomic E-state index is -4.13. The van der Waals surface area contributed by atoms with E-state index in [4.69, 9.17) is 13.7 Å². The van der Waals surface area contributed by atoms with Gasteiger partial charge in [-0.1, -0.05) is 12.1 Å². The number of para-hydroxylation sites is 1. The van der Waals surface area contributed by atoms with Gasteiger partial charge in [-0.25, -0.2) is 0 Å². The average molecular weight is 428 g/mol. The average Bonchev–Trinajstić information content (AvgIpc) is 2.72. The smallest absolute Gasteiger partial charge is 0.342 e. The van der Waals surface area contributed by atoms with Gasteiger partial charge in [-0.2, -0.15) is 8.42 Å². The molecule has 0 spiro atoms. The third-order valence-corrected chi connectivity index (χ3v) is 5.19. The Hall–Kier alpha value is -3.59. The quantitative estimate of drug-likeness (QED) is 0.550. The Bertz CT molecular complexity index is 1130. The number of carbonyl (C=O) groups is 1. The number of nitrogens with one attached hydrogen (secondary N) is 1. The van der Waals surface area contributed by atoms with E-state index in [0.717, 1.165) is 0 Å². The van der Waals surface area contributed by atoms with Gasteiger partial charge >= 0.3 is 10.1 Å². The number of aryl methyl sites for hydroxylation is 1. The van der Waals surface area contributed by atoms with E-state index in [-0.39, 0.29) is 28.9 Å². The fourth-order valence-corrected chi connectivity index (χ4v) is 3.71. The summed E-state index contributed by atoms with van der Waals surface area (Å²) in [5, 5.41) is 2.67. The summed E-state index contributed by atoms with van der Waals surface area (Å²) in [6, 6.07) is 14.1. The van der Waals surface area contributed by atoms with Crippen LogP contribution in [0.15, 0.2) is 71.9 Å². The highest BCUT2D eigenvalue weighted by molar-refractivity contribution is 7.87. The monoisotopic (exact) mass is 428 g/mol. The molecule has 0 saturated carbocycles. The van der Waals surface area contributed by atoms with Crippen molar-refractivity contribution in [1.29, 1.82) is 0 Å². The molecule has 0 aliphatic heterocycles. The van der Waals surface area contributed by atoms with E-state index in [9.17, 15) is 13.2 Å². The normalized spacial score (nSPS) is 10.9. The summed E-state index contributed by atoms with van der Waals surface area (Å²) in [6.07, 6.45) is 3.12. The molecule has 1 amide bonds. The number of anilines is 1. The van der Waals surface area contributed by atoms with Gasteiger partial charge in [0.05, 0.1) is 7.11 Å². The Kier molecular flexibility index (Phi) is 6.53. The largest absolute Gasteiger partial charge is 0.495 e. The fourth-order valence-electron chi connectivity index (χ4n) is 2.62. The number of carbonyl (C=O) groups excluding carboxylic acids is 1. The molecule has 3 rings (SSSR count). The van der Waals surface area contributed by atoms with E-state index in [1.165, 1.54) is 25.3 Å². The van der Waals surface area contributed by atoms with Gasteiger partial charge < -0.3 is 19.0 Å². The minimum Gasteiger partial charge on any atom is -0.495 e. The first kappa shape index (κ1) is 21.1. The molecule has 0 radical (unpaired) electrons. The molecule has 1 aromatic heterocycles. The Balaban J connectivity index is 1.71. The van der Waals surface area contributed by atoms with Crippen molar-refractivity contribution in [3.05, 3.63) is 72.6 Å². The Morgan fingerprint density at radius 3 is 2.47 bits per heavy atom. The van der Waals surface area contributed by atoms with Crippen molar-refractivity contribution in [3.63, 3.8) is 0 Å². The van der Waals surface area contributed by atoms with E-state index < -0.39 is 10.1 Å². The van der Waals surface area contributed by atoms with Gasteiger partial charge in [0.1, 0.15) is 22.1 Å². The number of rotatable bonds is 8. The van der Waals surface area contributed by atoms with Crippen molar-refractivity contribution in [3.8, 4) is 17.2 Å². The lowest BCUT2D eigenvalue weighted by Gasteiger charge is -2.13. The molecule has 0 aliphatic carbocycles. The zero-order valence-electron chi connectivity index (χ0n) is 16.4. The van der Waals surface area contributed by atoms with Crippen molar-refractivity contribution >= 4 is 21.7 Å². The highest BCUT2D eigenvalue weighted by atomic mass is 32.2. The van der Waals surface area contributed by atoms with Crippen molar-refractivity contribution < 1.29 is 26.9 Å². The molecular formula is C21H20N2O6S. The summed E-state index contributed by atoms with van der Waals surface area (Å²) < 4.78 is 41.2. The molecule has 0 aliphatic rings. The number of methoxy groups -OCH3 is 1. The molecule has 8 nitrogen and oxygen atoms in total. The van der Waals surface area contributed by atoms with Crippen LogP contribution in [-0.4, -0.2) is 33.0 Å². The van der Waals surface area contributed by atoms with Crippen molar-refractivity contribution in [2.75, 3.05) is 19.0 Å². The molecule has 0 atom stereocenters. The summed E-state index contributed by atoms with van der Waals surface area (Å²) >= 11 is 0. The lowest BCUT2D eigenvalue weighted by Crippen LogP contribution is -2.20. The number of nitrogens with zero attached hydrogens (tertiary/aromatic N) is 1. The van der Waals surface area contributed by atoms with Gasteiger partial charge in [0.15, 0.2) is 6.61 Å². The Labute approximate surface area is 174 Å². The number of hydrogen-bond donors (Lipinski definition) is 1. The number of benzene rings is 2. The van der Waals surface area contributed by atoms with E-state index in [1.54, 1.807) is 55.7 Å². The second-order valence-electron chi connectivity index (χ2n) is 6.24. The summed E-state index contributed by atoms with van der Waals surface area (Å²) in [6.45, 7) is 1.50. The Morgan fingerprint density at radius 2 is 1.73 bits per heavy atom. The molecule has 30 heavy (non-hydrogen) atoms. The van der Waals surface area contributed by atoms with Crippen LogP contribution in [0.5, 0.6) is 17.2 Å². The minimum absolute atomic E-state index is 0.0606. The number of pyridine rings is 1. The van der Waals surface area contributed by atoms with Gasteiger partial charge in [0.25, 0.3) is 5.91 Å². The zero-order chi connectivity index (χ0) is 21.6. The van der Waals surface area contributed by atoms with Crippen LogP contribution in [0.25, 0.3) is 0 Å². The lowest BCUT2D eigenvalue weighted by molar-refractivity contribution is -0.118. The SMILES string of the molecule is COc1ccccc1S(=O)(=O)Oc1cc(C)cc(OCC(=O)Nc2ccncc2)c1. The van der Waals surface area contributed by atoms with Crippen LogP contribution >= 0.6 is 0 Å². The molecule has 0 bridgehead atoms. The van der Waals surface area contributed by atoms with E-state index >= 15 is 0 Å². The van der Waals surface area contributed by atoms with Gasteiger partial charge in [-0.05, 0) is 48.9 Å². The van der Waals surface area contributed by atoms with Gasteiger partial charge in [-0.15, -0.1) is 0 Å². The second-order valence-corrected chi connectivity index (χ2v) is 7.76. The van der Waals surface area contributed by atoms with E-state index in [1.807, 2.05) is 0 Å². The summed E-state index contributed by atoms with van der Waals surface area (Å²) in [5.74, 6) is 0.164. The summed E-state index contributed by atoms with van der Waals surface area (Å²) in [4.78, 5) is 15.8. The maximum atomic E-state index is 12.7. The fraction of sp³-hybridized carbons (Fsp3) is 0.143. The van der Waals surface area contributed by atoms with Crippen molar-refractivity contribution in [2.24, 2.45) is 0 Å². The number of aromatic nitrogens is 1. The molecule has 0 fully saturated rings. The van der Waals surface area contributed by atoms with Crippen LogP contribution < -0.4 is 19.0 Å². The van der Waals surface area contributed by atoms with Crippen LogP contribution in [0.2, 0.25) is 0 Å². The number of ether oxygens (including phenoxy) is 2. The van der Waals surface area contributed by atoms with Crippen LogP contribution in [-0.2, 0) is 14.9 Å². The highest BCUT2D eigenvalue weighted by Crippen LogP contribution is 2.29. The van der Waals surface area contributed by atoms with Crippen LogP contribution in [0.4, 0.5) is 5.69 Å². The molecule has 0 saturated heterocycles. The van der Waals surface area contributed by atoms with Crippen LogP contribution in [0, 0.1) is 6.92 Å². The van der Waals surface area contributed by atoms with Crippen molar-refractivity contribution in [1.82, 2.24) is 4.98 Å². The standard InChI is InChI=1S/C21H20N2O6S/c1-15-11-17(28-14-21(24)23-16-7-9-22-10-8-16)13-18(12-15)29-30(25,26)20-6-4-3-5-19(20)27-2/h3-13H,14H2,1-2H3,(H,22,23,24). The maximum Gasteiger partial charge on any atom is 0.342 e. The van der Waals surface area contributed by atoms with Gasteiger partial charge in [0, 0.05) is 24.1 Å². The molecule has 1 N–H and O–H groups in total. The first-order valence-corrected chi connectivity index (χ1v) is 10.3. The zero-order valence-corrected chi connectivity index (χ0v) is 17.2. The number of hydrogen-bond acceptors (Lipinski definition) is 7. The molecule has 1 heterocycles. The first-order valence-electron chi connectivity index (χ1n) is 8.89. The van der Waals surface area contributed by atoms with E-state index in [0.29, 0.717) is 17.0 Å². The molecular weight excluding hydrogens is 408 g/mol. The van der Waals surface area contributed by atoms with Gasteiger partial charge in [-0.3, -0.25) is 9.78 Å². The summed E-state index contributed by atoms with van der Waals surface area (Å²) in [7, 11) is -2.75. The highest BCUT2D eigenvalue weighted by Gasteiger charge is 2.22. The lowest BCUT2D eigenvalue weighted by atomic mass is 10.2. The third kappa shape index (κ3) is 5.48. The number of amides is 1. The van der Waals surface area contributed by atoms with Crippen LogP contribution in [0.3, 0.4) is 0 Å². The van der Waals surface area contributed by atoms with Gasteiger partial charge in [0.2, 0.25) is 0 Å². The van der Waals surface area contributed by atoms with Crippen molar-refractivity contribution in [2.45, 2.75) is 11.8 Å². The maximum absolute atomic E-state index is 12.7. The topological polar surface area (TPSA) is 104 Å². The predicted octanol–water partition coefficient (Wildman–Crippen LogP) is 3.18. The first-order chi connectivity index (χ1) is 14.4. The molecule has 3 aromatic rings. The second kappa shape index (κ2) is 9.27.